The van der Waals surface area contributed by atoms with Gasteiger partial charge in [-0.1, -0.05) is 12.1 Å². The quantitative estimate of drug-likeness (QED) is 0.148. The molecule has 0 saturated carbocycles. The first kappa shape index (κ1) is 35.1. The first-order valence-electron chi connectivity index (χ1n) is 14.8. The van der Waals surface area contributed by atoms with Gasteiger partial charge in [-0.3, -0.25) is 24.4 Å². The molecule has 3 heterocycles. The van der Waals surface area contributed by atoms with E-state index >= 15 is 4.39 Å². The van der Waals surface area contributed by atoms with Crippen LogP contribution >= 0.6 is 11.3 Å². The molecule has 3 aromatic heterocycles. The van der Waals surface area contributed by atoms with Gasteiger partial charge < -0.3 is 25.0 Å². The smallest absolute Gasteiger partial charge is 0.233 e. The van der Waals surface area contributed by atoms with Gasteiger partial charge in [-0.25, -0.2) is 12.8 Å². The Hall–Kier alpha value is -5.25. The van der Waals surface area contributed by atoms with Gasteiger partial charge in [0.1, 0.15) is 12.2 Å². The highest BCUT2D eigenvalue weighted by molar-refractivity contribution is 7.90. The molecule has 5 aromatic rings. The molecular weight excluding hydrogens is 674 g/mol. The molecule has 3 amide bonds. The van der Waals surface area contributed by atoms with Crippen molar-refractivity contribution in [2.24, 2.45) is 0 Å². The molecule has 0 aliphatic rings. The van der Waals surface area contributed by atoms with E-state index in [0.717, 1.165) is 22.8 Å². The lowest BCUT2D eigenvalue weighted by Crippen LogP contribution is -2.31. The molecule has 0 aliphatic carbocycles. The monoisotopic (exact) mass is 705 g/mol. The second-order valence-electron chi connectivity index (χ2n) is 10.9. The Bertz CT molecular complexity index is 2120. The summed E-state index contributed by atoms with van der Waals surface area (Å²) in [6.45, 7) is 2.83. The normalized spacial score (nSPS) is 11.3. The third kappa shape index (κ3) is 9.22. The molecule has 5 rings (SSSR count). The number of anilines is 2. The summed E-state index contributed by atoms with van der Waals surface area (Å²) in [5.74, 6) is -1.89. The number of halogens is 1. The number of fused-ring (bicyclic) bond motifs is 1. The molecule has 0 bridgehead atoms. The summed E-state index contributed by atoms with van der Waals surface area (Å²) in [6.07, 6.45) is 3.73. The second-order valence-corrected chi connectivity index (χ2v) is 14.0. The minimum atomic E-state index is -3.48. The van der Waals surface area contributed by atoms with Crippen molar-refractivity contribution in [1.29, 1.82) is 0 Å². The van der Waals surface area contributed by atoms with Crippen LogP contribution in [0.3, 0.4) is 0 Å². The molecule has 0 spiro atoms. The summed E-state index contributed by atoms with van der Waals surface area (Å²) in [5, 5.41) is 4.96. The summed E-state index contributed by atoms with van der Waals surface area (Å²) in [6, 6.07) is 16.8. The van der Waals surface area contributed by atoms with E-state index in [0.29, 0.717) is 41.4 Å². The number of hydrogen-bond acceptors (Lipinski definition) is 10. The maximum Gasteiger partial charge on any atom is 0.233 e. The summed E-state index contributed by atoms with van der Waals surface area (Å²) in [4.78, 5) is 48.3. The lowest BCUT2D eigenvalue weighted by Gasteiger charge is -2.20. The van der Waals surface area contributed by atoms with Crippen LogP contribution in [0.25, 0.3) is 20.8 Å². The van der Waals surface area contributed by atoms with Gasteiger partial charge in [-0.2, -0.15) is 0 Å². The third-order valence-corrected chi connectivity index (χ3v) is 9.41. The van der Waals surface area contributed by atoms with Crippen LogP contribution in [0.15, 0.2) is 84.0 Å². The summed E-state index contributed by atoms with van der Waals surface area (Å²) >= 11 is 1.38. The van der Waals surface area contributed by atoms with Gasteiger partial charge >= 0.3 is 0 Å². The average Bonchev–Trinajstić information content (AvgIpc) is 3.49. The zero-order valence-corrected chi connectivity index (χ0v) is 28.4. The fourth-order valence-electron chi connectivity index (χ4n) is 4.70. The standard InChI is InChI=1S/C34H32FN5O7S2/c1-21(41)40(13-14-46-2)20-22-7-9-27(37-19-22)31-17-28-34(48-31)30(11-12-36-28)47-29-10-8-24(16-26(29)35)39-33(43)18-32(42)38-23-5-4-6-25(15-23)49(3,44)45/h4-12,15-17,19H,13-14,18,20H2,1-3H3,(H,38,42)(H,39,43). The largest absolute Gasteiger partial charge is 0.453 e. The van der Waals surface area contributed by atoms with E-state index in [1.165, 1.54) is 54.7 Å². The highest BCUT2D eigenvalue weighted by atomic mass is 32.2. The molecule has 0 aliphatic heterocycles. The number of hydrogen-bond donors (Lipinski definition) is 2. The Morgan fingerprint density at radius 2 is 1.69 bits per heavy atom. The number of aromatic nitrogens is 2. The molecule has 49 heavy (non-hydrogen) atoms. The fourth-order valence-corrected chi connectivity index (χ4v) is 6.40. The van der Waals surface area contributed by atoms with Gasteiger partial charge in [-0.15, -0.1) is 11.3 Å². The number of methoxy groups -OCH3 is 1. The van der Waals surface area contributed by atoms with Gasteiger partial charge in [0.05, 0.1) is 32.3 Å². The zero-order chi connectivity index (χ0) is 35.1. The Labute approximate surface area is 285 Å². The van der Waals surface area contributed by atoms with Gasteiger partial charge in [0.15, 0.2) is 21.4 Å². The molecule has 0 radical (unpaired) electrons. The highest BCUT2D eigenvalue weighted by Crippen LogP contribution is 2.39. The number of sulfone groups is 1. The number of carbonyl (C=O) groups excluding carboxylic acids is 3. The number of pyridine rings is 2. The fraction of sp³-hybridized carbons (Fsp3) is 0.206. The third-order valence-electron chi connectivity index (χ3n) is 7.14. The Morgan fingerprint density at radius 3 is 2.35 bits per heavy atom. The molecular formula is C34H32FN5O7S2. The maximum absolute atomic E-state index is 15.1. The number of nitrogens with one attached hydrogen (secondary N) is 2. The highest BCUT2D eigenvalue weighted by Gasteiger charge is 2.17. The van der Waals surface area contributed by atoms with Gasteiger partial charge in [0.2, 0.25) is 17.7 Å². The van der Waals surface area contributed by atoms with Crippen molar-refractivity contribution in [3.8, 4) is 22.1 Å². The molecule has 0 fully saturated rings. The predicted molar refractivity (Wildman–Crippen MR) is 184 cm³/mol. The van der Waals surface area contributed by atoms with Crippen LogP contribution in [0.5, 0.6) is 11.5 Å². The molecule has 0 atom stereocenters. The van der Waals surface area contributed by atoms with Crippen LogP contribution in [-0.2, 0) is 35.5 Å². The summed E-state index contributed by atoms with van der Waals surface area (Å²) in [7, 11) is -1.89. The number of ether oxygens (including phenoxy) is 2. The zero-order valence-electron chi connectivity index (χ0n) is 26.7. The molecule has 254 valence electrons. The first-order valence-corrected chi connectivity index (χ1v) is 17.6. The topological polar surface area (TPSA) is 157 Å². The van der Waals surface area contributed by atoms with E-state index in [-0.39, 0.29) is 27.9 Å². The first-order chi connectivity index (χ1) is 23.4. The molecule has 0 saturated heterocycles. The van der Waals surface area contributed by atoms with Gasteiger partial charge in [-0.05, 0) is 48.0 Å². The van der Waals surface area contributed by atoms with Crippen molar-refractivity contribution in [3.05, 3.63) is 90.5 Å². The van der Waals surface area contributed by atoms with E-state index in [4.69, 9.17) is 9.47 Å². The lowest BCUT2D eigenvalue weighted by molar-refractivity contribution is -0.130. The molecule has 0 unspecified atom stereocenters. The van der Waals surface area contributed by atoms with Crippen LogP contribution in [0.2, 0.25) is 0 Å². The SMILES string of the molecule is COCCN(Cc1ccc(-c2cc3nccc(Oc4ccc(NC(=O)CC(=O)Nc5cccc(S(C)(=O)=O)c5)cc4F)c3s2)nc1)C(C)=O. The van der Waals surface area contributed by atoms with Gasteiger partial charge in [0.25, 0.3) is 0 Å². The second kappa shape index (κ2) is 15.3. The Morgan fingerprint density at radius 1 is 0.939 bits per heavy atom. The summed E-state index contributed by atoms with van der Waals surface area (Å²) < 4.78 is 50.3. The number of amides is 3. The maximum atomic E-state index is 15.1. The number of carbonyl (C=O) groups is 3. The van der Waals surface area contributed by atoms with Crippen LogP contribution in [0, 0.1) is 5.82 Å². The minimum Gasteiger partial charge on any atom is -0.453 e. The lowest BCUT2D eigenvalue weighted by atomic mass is 10.2. The van der Waals surface area contributed by atoms with Crippen molar-refractivity contribution >= 4 is 60.5 Å². The Balaban J connectivity index is 1.22. The van der Waals surface area contributed by atoms with Crippen LogP contribution in [0.1, 0.15) is 18.9 Å². The van der Waals surface area contributed by atoms with Gasteiger partial charge in [0, 0.05) is 69.3 Å². The van der Waals surface area contributed by atoms with Crippen molar-refractivity contribution in [2.75, 3.05) is 37.2 Å². The van der Waals surface area contributed by atoms with Crippen LogP contribution in [0.4, 0.5) is 15.8 Å². The van der Waals surface area contributed by atoms with Crippen molar-refractivity contribution in [2.45, 2.75) is 24.8 Å². The number of benzene rings is 2. The van der Waals surface area contributed by atoms with E-state index in [9.17, 15) is 22.8 Å². The minimum absolute atomic E-state index is 0.0237. The molecule has 15 heteroatoms. The molecule has 2 aromatic carbocycles. The van der Waals surface area contributed by atoms with Crippen molar-refractivity contribution in [1.82, 2.24) is 14.9 Å². The Kier molecular flexibility index (Phi) is 11.0. The average molecular weight is 706 g/mol. The number of rotatable bonds is 13. The predicted octanol–water partition coefficient (Wildman–Crippen LogP) is 5.66. The van der Waals surface area contributed by atoms with E-state index in [1.54, 1.807) is 30.5 Å². The van der Waals surface area contributed by atoms with E-state index in [2.05, 4.69) is 20.6 Å². The number of nitrogens with zero attached hydrogens (tertiary/aromatic N) is 3. The van der Waals surface area contributed by atoms with E-state index in [1.807, 2.05) is 18.2 Å². The van der Waals surface area contributed by atoms with Crippen molar-refractivity contribution in [3.63, 3.8) is 0 Å². The molecule has 12 nitrogen and oxygen atoms in total. The molecule has 2 N–H and O–H groups in total. The number of thiophene rings is 1. The van der Waals surface area contributed by atoms with E-state index < -0.39 is 33.9 Å². The van der Waals surface area contributed by atoms with Crippen molar-refractivity contribution < 1.29 is 36.7 Å². The van der Waals surface area contributed by atoms with Crippen LogP contribution < -0.4 is 15.4 Å². The van der Waals surface area contributed by atoms with Crippen LogP contribution in [-0.4, -0.2) is 67.5 Å². The summed E-state index contributed by atoms with van der Waals surface area (Å²) in [5.41, 5.74) is 2.54.